The number of hydrogen-bond donors (Lipinski definition) is 1. The van der Waals surface area contributed by atoms with Gasteiger partial charge in [-0.25, -0.2) is 0 Å². The Kier molecular flexibility index (Phi) is 4.48. The number of azide groups is 2. The van der Waals surface area contributed by atoms with E-state index in [1.165, 1.54) is 0 Å². The molecule has 0 rings (SSSR count). The first-order valence-electron chi connectivity index (χ1n) is 2.94. The van der Waals surface area contributed by atoms with E-state index < -0.39 is 24.3 Å². The molecule has 1 atom stereocenters. The number of Topliss-reactive ketones (excluding diaryl/α,β-unsaturated/α-hetero) is 1. The summed E-state index contributed by atoms with van der Waals surface area (Å²) >= 11 is 0. The number of rotatable bonds is 5. The molecule has 0 aromatic carbocycles. The van der Waals surface area contributed by atoms with E-state index in [4.69, 9.17) is 16.2 Å². The summed E-state index contributed by atoms with van der Waals surface area (Å²) in [7, 11) is 0. The highest BCUT2D eigenvalue weighted by atomic mass is 16.4. The Labute approximate surface area is 71.2 Å². The Balaban J connectivity index is 4.55. The molecular formula is C4H4N6O3. The van der Waals surface area contributed by atoms with Crippen molar-refractivity contribution < 1.29 is 14.7 Å². The largest absolute Gasteiger partial charge is 0.481 e. The molecule has 0 spiro atoms. The van der Waals surface area contributed by atoms with Crippen LogP contribution in [0, 0.1) is 0 Å². The average molecular weight is 184 g/mol. The van der Waals surface area contributed by atoms with Gasteiger partial charge in [-0.1, -0.05) is 10.2 Å². The molecule has 9 nitrogen and oxygen atoms in total. The predicted octanol–water partition coefficient (Wildman–Crippen LogP) is 0.629. The molecule has 0 aromatic rings. The van der Waals surface area contributed by atoms with Crippen LogP contribution in [0.15, 0.2) is 10.2 Å². The minimum absolute atomic E-state index is 0.646. The normalized spacial score (nSPS) is 10.5. The van der Waals surface area contributed by atoms with Gasteiger partial charge < -0.3 is 5.11 Å². The number of hydrogen-bond acceptors (Lipinski definition) is 4. The van der Waals surface area contributed by atoms with Gasteiger partial charge in [-0.2, -0.15) is 0 Å². The van der Waals surface area contributed by atoms with Crippen LogP contribution in [0.4, 0.5) is 0 Å². The Bertz CT molecular complexity index is 310. The summed E-state index contributed by atoms with van der Waals surface area (Å²) in [4.78, 5) is 25.5. The minimum atomic E-state index is -1.82. The topological polar surface area (TPSA) is 152 Å². The fourth-order valence-electron chi connectivity index (χ4n) is 0.491. The summed E-state index contributed by atoms with van der Waals surface area (Å²) in [5.41, 5.74) is 15.7. The predicted molar refractivity (Wildman–Crippen MR) is 39.6 cm³/mol. The van der Waals surface area contributed by atoms with Gasteiger partial charge in [0.2, 0.25) is 0 Å². The van der Waals surface area contributed by atoms with Crippen molar-refractivity contribution in [3.05, 3.63) is 20.9 Å². The van der Waals surface area contributed by atoms with Crippen molar-refractivity contribution in [1.82, 2.24) is 0 Å². The van der Waals surface area contributed by atoms with Gasteiger partial charge in [0.15, 0.2) is 11.8 Å². The Morgan fingerprint density at radius 3 is 2.38 bits per heavy atom. The van der Waals surface area contributed by atoms with Crippen LogP contribution < -0.4 is 0 Å². The molecule has 0 heterocycles. The number of carboxylic acids is 1. The van der Waals surface area contributed by atoms with Gasteiger partial charge in [-0.3, -0.25) is 9.59 Å². The van der Waals surface area contributed by atoms with Gasteiger partial charge in [0, 0.05) is 9.82 Å². The first-order chi connectivity index (χ1) is 6.13. The zero-order valence-corrected chi connectivity index (χ0v) is 6.23. The molecule has 0 aliphatic heterocycles. The number of aliphatic carboxylic acids is 1. The number of nitrogens with zero attached hydrogens (tertiary/aromatic N) is 6. The lowest BCUT2D eigenvalue weighted by Gasteiger charge is -1.99. The summed E-state index contributed by atoms with van der Waals surface area (Å²) in [5.74, 6) is -2.53. The van der Waals surface area contributed by atoms with Crippen molar-refractivity contribution in [3.8, 4) is 0 Å². The van der Waals surface area contributed by atoms with E-state index in [9.17, 15) is 9.59 Å². The monoisotopic (exact) mass is 184 g/mol. The van der Waals surface area contributed by atoms with Crippen LogP contribution in [-0.4, -0.2) is 29.4 Å². The molecular weight excluding hydrogens is 180 g/mol. The Morgan fingerprint density at radius 1 is 1.38 bits per heavy atom. The van der Waals surface area contributed by atoms with Crippen LogP contribution >= 0.6 is 0 Å². The Hall–Kier alpha value is -2.24. The van der Waals surface area contributed by atoms with Gasteiger partial charge in [0.25, 0.3) is 0 Å². The molecule has 0 fully saturated rings. The number of carbonyl (C=O) groups is 2. The van der Waals surface area contributed by atoms with E-state index in [2.05, 4.69) is 20.1 Å². The molecule has 0 aromatic heterocycles. The van der Waals surface area contributed by atoms with Crippen molar-refractivity contribution in [2.24, 2.45) is 10.2 Å². The van der Waals surface area contributed by atoms with E-state index in [1.54, 1.807) is 0 Å². The second kappa shape index (κ2) is 5.42. The van der Waals surface area contributed by atoms with Gasteiger partial charge in [0.1, 0.15) is 0 Å². The van der Waals surface area contributed by atoms with Crippen LogP contribution in [0.5, 0.6) is 0 Å². The quantitative estimate of drug-likeness (QED) is 0.288. The van der Waals surface area contributed by atoms with E-state index in [-0.39, 0.29) is 0 Å². The molecule has 1 N–H and O–H groups in total. The van der Waals surface area contributed by atoms with Crippen LogP contribution in [0.2, 0.25) is 0 Å². The average Bonchev–Trinajstić information content (AvgIpc) is 2.09. The molecule has 0 aliphatic rings. The van der Waals surface area contributed by atoms with Crippen molar-refractivity contribution in [1.29, 1.82) is 0 Å². The van der Waals surface area contributed by atoms with Crippen molar-refractivity contribution in [2.45, 2.75) is 6.04 Å². The Morgan fingerprint density at radius 2 is 2.00 bits per heavy atom. The number of carboxylic acid groups (broad SMARTS) is 1. The van der Waals surface area contributed by atoms with Crippen LogP contribution in [0.25, 0.3) is 20.9 Å². The van der Waals surface area contributed by atoms with Gasteiger partial charge >= 0.3 is 5.97 Å². The SMILES string of the molecule is [N-]=[N+]=NCC(=O)C(N=[N+]=[N-])C(=O)O. The molecule has 0 saturated carbocycles. The smallest absolute Gasteiger partial charge is 0.320 e. The van der Waals surface area contributed by atoms with E-state index >= 15 is 0 Å². The first-order valence-corrected chi connectivity index (χ1v) is 2.94. The fraction of sp³-hybridized carbons (Fsp3) is 0.500. The lowest BCUT2D eigenvalue weighted by molar-refractivity contribution is -0.141. The second-order valence-electron chi connectivity index (χ2n) is 1.80. The summed E-state index contributed by atoms with van der Waals surface area (Å²) in [6, 6.07) is -1.82. The molecule has 0 bridgehead atoms. The third-order valence-electron chi connectivity index (χ3n) is 0.996. The minimum Gasteiger partial charge on any atom is -0.481 e. The molecule has 13 heavy (non-hydrogen) atoms. The maximum absolute atomic E-state index is 10.8. The zero-order valence-electron chi connectivity index (χ0n) is 6.23. The third kappa shape index (κ3) is 3.61. The number of ketones is 1. The summed E-state index contributed by atoms with van der Waals surface area (Å²) < 4.78 is 0. The van der Waals surface area contributed by atoms with E-state index in [1.807, 2.05) is 0 Å². The van der Waals surface area contributed by atoms with Gasteiger partial charge in [0.05, 0.1) is 6.54 Å². The first kappa shape index (κ1) is 10.8. The van der Waals surface area contributed by atoms with E-state index in [0.717, 1.165) is 0 Å². The lowest BCUT2D eigenvalue weighted by atomic mass is 10.2. The van der Waals surface area contributed by atoms with Gasteiger partial charge in [-0.15, -0.1) is 0 Å². The third-order valence-corrected chi connectivity index (χ3v) is 0.996. The van der Waals surface area contributed by atoms with Crippen molar-refractivity contribution in [3.63, 3.8) is 0 Å². The van der Waals surface area contributed by atoms with Crippen LogP contribution in [-0.2, 0) is 9.59 Å². The second-order valence-corrected chi connectivity index (χ2v) is 1.80. The summed E-state index contributed by atoms with van der Waals surface area (Å²) in [6.07, 6.45) is 0. The fourth-order valence-corrected chi connectivity index (χ4v) is 0.491. The lowest BCUT2D eigenvalue weighted by Crippen LogP contribution is -2.29. The molecule has 68 valence electrons. The highest BCUT2D eigenvalue weighted by Crippen LogP contribution is 1.95. The maximum atomic E-state index is 10.8. The summed E-state index contributed by atoms with van der Waals surface area (Å²) in [6.45, 7) is -0.646. The van der Waals surface area contributed by atoms with Gasteiger partial charge in [-0.05, 0) is 11.1 Å². The highest BCUT2D eigenvalue weighted by molar-refractivity contribution is 6.03. The molecule has 0 saturated heterocycles. The van der Waals surface area contributed by atoms with Crippen LogP contribution in [0.3, 0.4) is 0 Å². The van der Waals surface area contributed by atoms with E-state index in [0.29, 0.717) is 0 Å². The summed E-state index contributed by atoms with van der Waals surface area (Å²) in [5, 5.41) is 13.9. The number of carbonyl (C=O) groups excluding carboxylic acids is 1. The maximum Gasteiger partial charge on any atom is 0.320 e. The molecule has 1 unspecified atom stereocenters. The molecule has 0 amide bonds. The molecule has 0 radical (unpaired) electrons. The van der Waals surface area contributed by atoms with Crippen molar-refractivity contribution in [2.75, 3.05) is 6.54 Å². The highest BCUT2D eigenvalue weighted by Gasteiger charge is 2.23. The van der Waals surface area contributed by atoms with Crippen molar-refractivity contribution >= 4 is 11.8 Å². The molecule has 0 aliphatic carbocycles. The molecule has 9 heteroatoms. The van der Waals surface area contributed by atoms with Crippen LogP contribution in [0.1, 0.15) is 0 Å². The standard InChI is InChI=1S/C4H4N6O3/c5-9-7-1-2(11)3(4(12)13)8-10-6/h3H,1H2,(H,12,13). The zero-order chi connectivity index (χ0) is 10.3.